The van der Waals surface area contributed by atoms with Gasteiger partial charge in [0.1, 0.15) is 17.3 Å². The Kier molecular flexibility index (Phi) is 8.37. The minimum Gasteiger partial charge on any atom is -0.495 e. The number of anilines is 3. The van der Waals surface area contributed by atoms with Crippen molar-refractivity contribution in [2.45, 2.75) is 6.42 Å². The van der Waals surface area contributed by atoms with Crippen molar-refractivity contribution in [3.8, 4) is 17.6 Å². The highest BCUT2D eigenvalue weighted by atomic mass is 35.5. The number of ether oxygens (including phenoxy) is 3. The van der Waals surface area contributed by atoms with Crippen LogP contribution in [0.3, 0.4) is 0 Å². The van der Waals surface area contributed by atoms with E-state index in [-0.39, 0.29) is 0 Å². The van der Waals surface area contributed by atoms with Crippen molar-refractivity contribution in [2.24, 2.45) is 0 Å². The molecule has 1 aliphatic rings. The summed E-state index contributed by atoms with van der Waals surface area (Å²) in [5.74, 6) is 1.08. The number of fused-ring (bicyclic) bond motifs is 1. The fourth-order valence-electron chi connectivity index (χ4n) is 4.07. The number of hydrogen-bond donors (Lipinski definition) is 2. The smallest absolute Gasteiger partial charge is 0.168 e. The molecule has 0 radical (unpaired) electrons. The Morgan fingerprint density at radius 3 is 2.63 bits per heavy atom. The molecule has 2 heterocycles. The molecule has 0 aliphatic carbocycles. The maximum Gasteiger partial charge on any atom is 0.168 e. The third kappa shape index (κ3) is 5.65. The molecule has 1 aromatic heterocycles. The van der Waals surface area contributed by atoms with Crippen LogP contribution in [0.5, 0.6) is 11.5 Å². The molecule has 1 aliphatic heterocycles. The molecule has 2 aromatic carbocycles. The summed E-state index contributed by atoms with van der Waals surface area (Å²) in [6.45, 7) is 5.35. The quantitative estimate of drug-likeness (QED) is 0.370. The first-order valence-electron chi connectivity index (χ1n) is 11.3. The van der Waals surface area contributed by atoms with Crippen molar-refractivity contribution in [3.05, 3.63) is 46.1 Å². The van der Waals surface area contributed by atoms with E-state index in [1.165, 1.54) is 13.3 Å². The zero-order valence-electron chi connectivity index (χ0n) is 19.7. The van der Waals surface area contributed by atoms with Crippen molar-refractivity contribution in [1.29, 1.82) is 5.26 Å². The summed E-state index contributed by atoms with van der Waals surface area (Å²) >= 11 is 12.6. The van der Waals surface area contributed by atoms with Crippen LogP contribution in [0.2, 0.25) is 10.0 Å². The van der Waals surface area contributed by atoms with Crippen LogP contribution in [0.1, 0.15) is 12.0 Å². The molecule has 10 heteroatoms. The molecule has 0 spiro atoms. The van der Waals surface area contributed by atoms with E-state index in [1.54, 1.807) is 19.2 Å². The monoisotopic (exact) mass is 515 g/mol. The lowest BCUT2D eigenvalue weighted by Crippen LogP contribution is -2.37. The van der Waals surface area contributed by atoms with Crippen molar-refractivity contribution < 1.29 is 14.2 Å². The highest BCUT2D eigenvalue weighted by molar-refractivity contribution is 6.37. The second-order valence-corrected chi connectivity index (χ2v) is 8.84. The fourth-order valence-corrected chi connectivity index (χ4v) is 4.58. The lowest BCUT2D eigenvalue weighted by Gasteiger charge is -2.26. The lowest BCUT2D eigenvalue weighted by atomic mass is 10.1. The van der Waals surface area contributed by atoms with Gasteiger partial charge >= 0.3 is 0 Å². The SMILES string of the molecule is COc1cc(Nc2c(C#N)cnc3c(OC)c(NCCCN4CCOCC4)ccc23)c(Cl)cc1Cl. The van der Waals surface area contributed by atoms with Crippen molar-refractivity contribution in [1.82, 2.24) is 9.88 Å². The Morgan fingerprint density at radius 1 is 1.11 bits per heavy atom. The number of halogens is 2. The summed E-state index contributed by atoms with van der Waals surface area (Å²) < 4.78 is 16.5. The van der Waals surface area contributed by atoms with Gasteiger partial charge in [0.15, 0.2) is 5.75 Å². The second kappa shape index (κ2) is 11.6. The second-order valence-electron chi connectivity index (χ2n) is 8.03. The van der Waals surface area contributed by atoms with Gasteiger partial charge in [-0.15, -0.1) is 0 Å². The van der Waals surface area contributed by atoms with Gasteiger partial charge in [0, 0.05) is 37.3 Å². The fraction of sp³-hybridized carbons (Fsp3) is 0.360. The maximum atomic E-state index is 9.74. The first-order chi connectivity index (χ1) is 17.0. The molecule has 0 saturated carbocycles. The average Bonchev–Trinajstić information content (AvgIpc) is 2.88. The molecule has 184 valence electrons. The number of rotatable bonds is 9. The number of pyridine rings is 1. The average molecular weight is 516 g/mol. The molecule has 0 atom stereocenters. The topological polar surface area (TPSA) is 91.7 Å². The van der Waals surface area contributed by atoms with Crippen molar-refractivity contribution >= 4 is 51.2 Å². The molecular formula is C25H27Cl2N5O3. The van der Waals surface area contributed by atoms with E-state index in [1.807, 2.05) is 12.1 Å². The third-order valence-electron chi connectivity index (χ3n) is 5.89. The van der Waals surface area contributed by atoms with Gasteiger partial charge in [-0.2, -0.15) is 5.26 Å². The Balaban J connectivity index is 1.61. The summed E-state index contributed by atoms with van der Waals surface area (Å²) in [7, 11) is 3.14. The highest BCUT2D eigenvalue weighted by Crippen LogP contribution is 2.40. The molecular weight excluding hydrogens is 489 g/mol. The van der Waals surface area contributed by atoms with Crippen LogP contribution in [0.4, 0.5) is 17.1 Å². The van der Waals surface area contributed by atoms with Gasteiger partial charge in [-0.25, -0.2) is 0 Å². The highest BCUT2D eigenvalue weighted by Gasteiger charge is 2.18. The van der Waals surface area contributed by atoms with E-state index < -0.39 is 0 Å². The Bertz CT molecular complexity index is 1240. The van der Waals surface area contributed by atoms with E-state index in [0.717, 1.165) is 56.9 Å². The molecule has 0 unspecified atom stereocenters. The number of hydrogen-bond acceptors (Lipinski definition) is 8. The van der Waals surface area contributed by atoms with Gasteiger partial charge < -0.3 is 24.8 Å². The summed E-state index contributed by atoms with van der Waals surface area (Å²) in [6.07, 6.45) is 2.52. The number of nitriles is 1. The minimum absolute atomic E-state index is 0.371. The standard InChI is InChI=1S/C25H27Cl2N5O3/c1-33-22-13-21(18(26)12-19(22)27)31-23-16(14-28)15-30-24-17(23)4-5-20(25(24)34-2)29-6-3-7-32-8-10-35-11-9-32/h4-5,12-13,15,29H,3,6-11H2,1-2H3,(H,30,31). The van der Waals surface area contributed by atoms with Crippen LogP contribution in [-0.4, -0.2) is 63.5 Å². The van der Waals surface area contributed by atoms with E-state index in [2.05, 4.69) is 26.6 Å². The molecule has 0 bridgehead atoms. The van der Waals surface area contributed by atoms with Gasteiger partial charge in [0.05, 0.1) is 60.1 Å². The van der Waals surface area contributed by atoms with Crippen LogP contribution in [0.15, 0.2) is 30.5 Å². The first-order valence-corrected chi connectivity index (χ1v) is 12.0. The third-order valence-corrected chi connectivity index (χ3v) is 6.50. The maximum absolute atomic E-state index is 9.74. The predicted octanol–water partition coefficient (Wildman–Crippen LogP) is 5.31. The number of nitrogens with one attached hydrogen (secondary N) is 2. The molecule has 0 amide bonds. The van der Waals surface area contributed by atoms with Crippen LogP contribution in [0, 0.1) is 11.3 Å². The number of methoxy groups -OCH3 is 2. The largest absolute Gasteiger partial charge is 0.495 e. The number of aromatic nitrogens is 1. The number of benzene rings is 2. The molecule has 8 nitrogen and oxygen atoms in total. The summed E-state index contributed by atoms with van der Waals surface area (Å²) in [5, 5.41) is 18.0. The van der Waals surface area contributed by atoms with E-state index in [4.69, 9.17) is 37.4 Å². The molecule has 35 heavy (non-hydrogen) atoms. The van der Waals surface area contributed by atoms with Gasteiger partial charge in [0.25, 0.3) is 0 Å². The lowest BCUT2D eigenvalue weighted by molar-refractivity contribution is 0.0378. The predicted molar refractivity (Wildman–Crippen MR) is 140 cm³/mol. The molecule has 3 aromatic rings. The minimum atomic E-state index is 0.371. The van der Waals surface area contributed by atoms with Crippen LogP contribution in [0.25, 0.3) is 10.9 Å². The van der Waals surface area contributed by atoms with Crippen LogP contribution in [-0.2, 0) is 4.74 Å². The zero-order valence-corrected chi connectivity index (χ0v) is 21.2. The molecule has 2 N–H and O–H groups in total. The Labute approximate surface area is 214 Å². The Morgan fingerprint density at radius 2 is 1.91 bits per heavy atom. The normalized spacial score (nSPS) is 13.9. The van der Waals surface area contributed by atoms with Gasteiger partial charge in [0.2, 0.25) is 0 Å². The van der Waals surface area contributed by atoms with E-state index in [9.17, 15) is 5.26 Å². The number of nitrogens with zero attached hydrogens (tertiary/aromatic N) is 3. The first kappa shape index (κ1) is 25.1. The van der Waals surface area contributed by atoms with Gasteiger partial charge in [-0.3, -0.25) is 9.88 Å². The van der Waals surface area contributed by atoms with E-state index >= 15 is 0 Å². The Hall–Kier alpha value is -2.96. The van der Waals surface area contributed by atoms with Crippen LogP contribution < -0.4 is 20.1 Å². The molecule has 4 rings (SSSR count). The van der Waals surface area contributed by atoms with Crippen LogP contribution >= 0.6 is 23.2 Å². The summed E-state index contributed by atoms with van der Waals surface area (Å²) in [6, 6.07) is 9.34. The van der Waals surface area contributed by atoms with Gasteiger partial charge in [-0.05, 0) is 31.2 Å². The van der Waals surface area contributed by atoms with Crippen molar-refractivity contribution in [2.75, 3.05) is 64.2 Å². The van der Waals surface area contributed by atoms with Gasteiger partial charge in [-0.1, -0.05) is 23.2 Å². The summed E-state index contributed by atoms with van der Waals surface area (Å²) in [4.78, 5) is 6.93. The van der Waals surface area contributed by atoms with E-state index in [0.29, 0.717) is 44.0 Å². The molecule has 1 fully saturated rings. The molecule has 1 saturated heterocycles. The summed E-state index contributed by atoms with van der Waals surface area (Å²) in [5.41, 5.74) is 2.97. The van der Waals surface area contributed by atoms with Crippen molar-refractivity contribution in [3.63, 3.8) is 0 Å². The number of morpholine rings is 1. The zero-order chi connectivity index (χ0) is 24.8.